The van der Waals surface area contributed by atoms with Crippen molar-refractivity contribution >= 4 is 11.4 Å². The fourth-order valence-electron chi connectivity index (χ4n) is 1.62. The summed E-state index contributed by atoms with van der Waals surface area (Å²) in [6.45, 7) is 2.80. The van der Waals surface area contributed by atoms with E-state index in [1.165, 1.54) is 12.1 Å². The summed E-state index contributed by atoms with van der Waals surface area (Å²) < 4.78 is 5.31. The summed E-state index contributed by atoms with van der Waals surface area (Å²) in [6.07, 6.45) is 1.65. The number of hydrogen-bond donors (Lipinski definition) is 2. The van der Waals surface area contributed by atoms with E-state index in [1.807, 2.05) is 13.0 Å². The number of nitro groups is 1. The van der Waals surface area contributed by atoms with Crippen LogP contribution in [0.5, 0.6) is 5.75 Å². The number of H-pyrrole nitrogens is 1. The lowest BCUT2D eigenvalue weighted by atomic mass is 10.2. The Morgan fingerprint density at radius 1 is 1.47 bits per heavy atom. The van der Waals surface area contributed by atoms with Crippen molar-refractivity contribution in [1.29, 1.82) is 0 Å². The molecule has 0 aliphatic rings. The second kappa shape index (κ2) is 5.85. The molecule has 100 valence electrons. The zero-order chi connectivity index (χ0) is 13.7. The number of nitrogens with zero attached hydrogens (tertiary/aromatic N) is 2. The van der Waals surface area contributed by atoms with Crippen molar-refractivity contribution in [1.82, 2.24) is 10.2 Å². The maximum absolute atomic E-state index is 10.8. The van der Waals surface area contributed by atoms with Gasteiger partial charge in [-0.2, -0.15) is 5.10 Å². The molecule has 1 aromatic carbocycles. The summed E-state index contributed by atoms with van der Waals surface area (Å²) in [5, 5.41) is 20.6. The summed E-state index contributed by atoms with van der Waals surface area (Å²) in [5.74, 6) is 0.476. The number of aromatic amines is 1. The minimum atomic E-state index is -0.441. The Hall–Kier alpha value is -2.57. The molecule has 7 heteroatoms. The lowest BCUT2D eigenvalue weighted by Gasteiger charge is -2.08. The minimum absolute atomic E-state index is 0.00180. The Morgan fingerprint density at radius 2 is 2.32 bits per heavy atom. The van der Waals surface area contributed by atoms with Gasteiger partial charge in [-0.15, -0.1) is 0 Å². The average molecular weight is 262 g/mol. The van der Waals surface area contributed by atoms with Crippen molar-refractivity contribution < 1.29 is 9.66 Å². The van der Waals surface area contributed by atoms with Crippen LogP contribution in [0, 0.1) is 10.1 Å². The van der Waals surface area contributed by atoms with Crippen LogP contribution in [0.4, 0.5) is 11.4 Å². The summed E-state index contributed by atoms with van der Waals surface area (Å²) in [4.78, 5) is 10.4. The fraction of sp³-hybridized carbons (Fsp3) is 0.250. The maximum atomic E-state index is 10.8. The second-order valence-electron chi connectivity index (χ2n) is 3.84. The first kappa shape index (κ1) is 12.9. The van der Waals surface area contributed by atoms with Gasteiger partial charge in [0.25, 0.3) is 5.69 Å². The molecule has 0 atom stereocenters. The monoisotopic (exact) mass is 262 g/mol. The summed E-state index contributed by atoms with van der Waals surface area (Å²) in [6, 6.07) is 6.43. The average Bonchev–Trinajstić information content (AvgIpc) is 2.89. The fourth-order valence-corrected chi connectivity index (χ4v) is 1.62. The standard InChI is InChI=1S/C12H14N4O3/c1-2-19-12-6-10(5-11(7-12)16(17)18)13-8-9-3-4-14-15-9/h3-7,13H,2,8H2,1H3,(H,14,15). The second-order valence-corrected chi connectivity index (χ2v) is 3.84. The number of hydrogen-bond acceptors (Lipinski definition) is 5. The van der Waals surface area contributed by atoms with Gasteiger partial charge >= 0.3 is 0 Å². The van der Waals surface area contributed by atoms with E-state index in [0.29, 0.717) is 24.6 Å². The lowest BCUT2D eigenvalue weighted by Crippen LogP contribution is -2.02. The van der Waals surface area contributed by atoms with Gasteiger partial charge in [-0.3, -0.25) is 15.2 Å². The SMILES string of the molecule is CCOc1cc(NCc2ccn[nH]2)cc([N+](=O)[O-])c1. The van der Waals surface area contributed by atoms with Gasteiger partial charge in [-0.25, -0.2) is 0 Å². The summed E-state index contributed by atoms with van der Waals surface area (Å²) in [7, 11) is 0. The first-order valence-electron chi connectivity index (χ1n) is 5.83. The molecule has 0 fully saturated rings. The first-order valence-corrected chi connectivity index (χ1v) is 5.83. The Labute approximate surface area is 109 Å². The van der Waals surface area contributed by atoms with E-state index in [1.54, 1.807) is 12.3 Å². The largest absolute Gasteiger partial charge is 0.494 e. The maximum Gasteiger partial charge on any atom is 0.275 e. The predicted molar refractivity (Wildman–Crippen MR) is 70.2 cm³/mol. The lowest BCUT2D eigenvalue weighted by molar-refractivity contribution is -0.384. The van der Waals surface area contributed by atoms with Crippen molar-refractivity contribution in [2.45, 2.75) is 13.5 Å². The number of aromatic nitrogens is 2. The van der Waals surface area contributed by atoms with Crippen LogP contribution in [0.3, 0.4) is 0 Å². The zero-order valence-corrected chi connectivity index (χ0v) is 10.4. The van der Waals surface area contributed by atoms with E-state index in [9.17, 15) is 10.1 Å². The molecule has 0 aliphatic heterocycles. The molecule has 0 saturated carbocycles. The van der Waals surface area contributed by atoms with E-state index in [0.717, 1.165) is 5.69 Å². The third-order valence-electron chi connectivity index (χ3n) is 2.45. The highest BCUT2D eigenvalue weighted by Crippen LogP contribution is 2.26. The molecular weight excluding hydrogens is 248 g/mol. The van der Waals surface area contributed by atoms with Crippen molar-refractivity contribution in [3.8, 4) is 5.75 Å². The number of non-ortho nitro benzene ring substituents is 1. The van der Waals surface area contributed by atoms with Crippen LogP contribution in [-0.2, 0) is 6.54 Å². The van der Waals surface area contributed by atoms with E-state index in [2.05, 4.69) is 15.5 Å². The number of nitro benzene ring substituents is 1. The Bertz CT molecular complexity index is 554. The van der Waals surface area contributed by atoms with Crippen LogP contribution < -0.4 is 10.1 Å². The third-order valence-corrected chi connectivity index (χ3v) is 2.45. The molecule has 19 heavy (non-hydrogen) atoms. The van der Waals surface area contributed by atoms with Crippen LogP contribution in [0.1, 0.15) is 12.6 Å². The zero-order valence-electron chi connectivity index (χ0n) is 10.4. The number of rotatable bonds is 6. The Morgan fingerprint density at radius 3 is 2.95 bits per heavy atom. The molecule has 1 aromatic heterocycles. The number of ether oxygens (including phenoxy) is 1. The molecule has 0 amide bonds. The highest BCUT2D eigenvalue weighted by atomic mass is 16.6. The number of anilines is 1. The van der Waals surface area contributed by atoms with E-state index >= 15 is 0 Å². The molecule has 0 spiro atoms. The molecular formula is C12H14N4O3. The van der Waals surface area contributed by atoms with E-state index in [-0.39, 0.29) is 5.69 Å². The van der Waals surface area contributed by atoms with Crippen LogP contribution >= 0.6 is 0 Å². The quantitative estimate of drug-likeness (QED) is 0.615. The molecule has 0 saturated heterocycles. The highest BCUT2D eigenvalue weighted by Gasteiger charge is 2.10. The molecule has 2 N–H and O–H groups in total. The molecule has 2 rings (SSSR count). The molecule has 7 nitrogen and oxygen atoms in total. The normalized spacial score (nSPS) is 10.2. The van der Waals surface area contributed by atoms with Crippen molar-refractivity contribution in [2.75, 3.05) is 11.9 Å². The van der Waals surface area contributed by atoms with Gasteiger partial charge in [0.05, 0.1) is 29.8 Å². The predicted octanol–water partition coefficient (Wildman–Crippen LogP) is 2.33. The minimum Gasteiger partial charge on any atom is -0.494 e. The van der Waals surface area contributed by atoms with E-state index < -0.39 is 4.92 Å². The van der Waals surface area contributed by atoms with Crippen LogP contribution in [0.2, 0.25) is 0 Å². The molecule has 0 aliphatic carbocycles. The number of benzene rings is 1. The van der Waals surface area contributed by atoms with Crippen molar-refractivity contribution in [3.05, 3.63) is 46.3 Å². The molecule has 0 bridgehead atoms. The smallest absolute Gasteiger partial charge is 0.275 e. The van der Waals surface area contributed by atoms with Gasteiger partial charge in [0.15, 0.2) is 0 Å². The number of nitrogens with one attached hydrogen (secondary N) is 2. The van der Waals surface area contributed by atoms with Crippen LogP contribution in [0.15, 0.2) is 30.5 Å². The molecule has 0 radical (unpaired) electrons. The van der Waals surface area contributed by atoms with Gasteiger partial charge in [-0.05, 0) is 13.0 Å². The van der Waals surface area contributed by atoms with Crippen LogP contribution in [0.25, 0.3) is 0 Å². The van der Waals surface area contributed by atoms with Gasteiger partial charge in [0, 0.05) is 24.0 Å². The van der Waals surface area contributed by atoms with Gasteiger partial charge < -0.3 is 10.1 Å². The summed E-state index contributed by atoms with van der Waals surface area (Å²) in [5.41, 5.74) is 1.52. The van der Waals surface area contributed by atoms with Crippen molar-refractivity contribution in [2.24, 2.45) is 0 Å². The van der Waals surface area contributed by atoms with E-state index in [4.69, 9.17) is 4.74 Å². The van der Waals surface area contributed by atoms with Crippen molar-refractivity contribution in [3.63, 3.8) is 0 Å². The van der Waals surface area contributed by atoms with Crippen LogP contribution in [-0.4, -0.2) is 21.7 Å². The summed E-state index contributed by atoms with van der Waals surface area (Å²) >= 11 is 0. The Balaban J connectivity index is 2.16. The molecule has 1 heterocycles. The first-order chi connectivity index (χ1) is 9.19. The topological polar surface area (TPSA) is 93.1 Å². The van der Waals surface area contributed by atoms with Gasteiger partial charge in [0.2, 0.25) is 0 Å². The van der Waals surface area contributed by atoms with Gasteiger partial charge in [0.1, 0.15) is 5.75 Å². The molecule has 0 unspecified atom stereocenters. The Kier molecular flexibility index (Phi) is 3.97. The van der Waals surface area contributed by atoms with Gasteiger partial charge in [-0.1, -0.05) is 0 Å². The third kappa shape index (κ3) is 3.44. The highest BCUT2D eigenvalue weighted by molar-refractivity contribution is 5.56. The molecule has 2 aromatic rings.